The number of aromatic amines is 1. The average molecular weight is 1110 g/mol. The minimum absolute atomic E-state index is 0.0109. The summed E-state index contributed by atoms with van der Waals surface area (Å²) < 4.78 is 0.930. The Kier molecular flexibility index (Phi) is 23.4. The highest BCUT2D eigenvalue weighted by molar-refractivity contribution is 14.1. The van der Waals surface area contributed by atoms with Crippen LogP contribution in [0.1, 0.15) is 76.6 Å². The molecule has 1 saturated heterocycles. The number of nitrogens with one attached hydrogen (secondary N) is 8. The van der Waals surface area contributed by atoms with Gasteiger partial charge in [-0.1, -0.05) is 76.6 Å². The third-order valence-electron chi connectivity index (χ3n) is 12.3. The summed E-state index contributed by atoms with van der Waals surface area (Å²) in [7, 11) is 1.58. The fraction of sp³-hybridized carbons (Fsp3) is 0.510. The summed E-state index contributed by atoms with van der Waals surface area (Å²) in [5.41, 5.74) is 12.8. The van der Waals surface area contributed by atoms with E-state index in [1.54, 1.807) is 70.3 Å². The number of H-pyrrole nitrogens is 1. The van der Waals surface area contributed by atoms with Gasteiger partial charge in [-0.3, -0.25) is 38.6 Å². The number of aliphatic imine (C=N–C) groups is 1. The second kappa shape index (κ2) is 29.0. The second-order valence-electron chi connectivity index (χ2n) is 18.2. The van der Waals surface area contributed by atoms with Gasteiger partial charge in [-0.05, 0) is 90.4 Å². The molecule has 8 atom stereocenters. The minimum Gasteiger partial charge on any atom is -0.480 e. The van der Waals surface area contributed by atoms with Gasteiger partial charge in [-0.25, -0.2) is 9.78 Å². The van der Waals surface area contributed by atoms with Crippen molar-refractivity contribution in [2.75, 3.05) is 26.7 Å². The predicted octanol–water partition coefficient (Wildman–Crippen LogP) is 0.00170. The van der Waals surface area contributed by atoms with Gasteiger partial charge < -0.3 is 63.7 Å². The fourth-order valence-electron chi connectivity index (χ4n) is 8.15. The molecule has 1 fully saturated rings. The van der Waals surface area contributed by atoms with Crippen LogP contribution in [0, 0.1) is 15.4 Å². The molecular weight excluding hydrogens is 1040 g/mol. The van der Waals surface area contributed by atoms with Crippen molar-refractivity contribution in [2.24, 2.45) is 28.3 Å². The van der Waals surface area contributed by atoms with Crippen molar-refractivity contribution in [3.63, 3.8) is 0 Å². The van der Waals surface area contributed by atoms with E-state index in [9.17, 15) is 43.5 Å². The van der Waals surface area contributed by atoms with Crippen LogP contribution in [0.25, 0.3) is 0 Å². The molecule has 72 heavy (non-hydrogen) atoms. The number of imidazole rings is 1. The first-order chi connectivity index (χ1) is 34.3. The molecule has 22 nitrogen and oxygen atoms in total. The van der Waals surface area contributed by atoms with E-state index in [4.69, 9.17) is 11.5 Å². The van der Waals surface area contributed by atoms with E-state index in [0.717, 1.165) is 3.57 Å². The monoisotopic (exact) mass is 1110 g/mol. The largest absolute Gasteiger partial charge is 0.480 e. The molecule has 0 spiro atoms. The molecule has 1 aromatic heterocycles. The van der Waals surface area contributed by atoms with Gasteiger partial charge in [0.15, 0.2) is 5.96 Å². The number of likely N-dealkylation sites (tertiary alicyclic amines) is 1. The molecule has 2 aromatic carbocycles. The molecule has 0 unspecified atom stereocenters. The average Bonchev–Trinajstić information content (AvgIpc) is 4.06. The zero-order chi connectivity index (χ0) is 52.9. The molecule has 0 aliphatic carbocycles. The van der Waals surface area contributed by atoms with E-state index in [1.165, 1.54) is 17.4 Å². The van der Waals surface area contributed by atoms with Crippen LogP contribution >= 0.6 is 22.6 Å². The number of guanidine groups is 1. The number of nitrogens with zero attached hydrogens (tertiary/aromatic N) is 3. The van der Waals surface area contributed by atoms with Crippen LogP contribution < -0.4 is 48.7 Å². The number of hydrogen-bond donors (Lipinski definition) is 11. The van der Waals surface area contributed by atoms with E-state index in [0.29, 0.717) is 36.1 Å². The Morgan fingerprint density at radius 3 is 2.03 bits per heavy atom. The summed E-state index contributed by atoms with van der Waals surface area (Å²) in [6.07, 6.45) is 4.45. The number of aliphatic carboxylic acids is 1. The number of aromatic nitrogens is 2. The summed E-state index contributed by atoms with van der Waals surface area (Å²) in [6.45, 7) is 7.30. The smallest absolute Gasteiger partial charge is 0.326 e. The Morgan fingerprint density at radius 2 is 1.42 bits per heavy atom. The molecule has 4 rings (SSSR count). The molecule has 2 heterocycles. The number of carboxylic acids is 1. The van der Waals surface area contributed by atoms with Gasteiger partial charge in [0.1, 0.15) is 42.3 Å². The Hall–Kier alpha value is -6.63. The van der Waals surface area contributed by atoms with Gasteiger partial charge >= 0.3 is 5.97 Å². The third-order valence-corrected chi connectivity index (χ3v) is 13.0. The molecule has 13 N–H and O–H groups in total. The highest BCUT2D eigenvalue weighted by atomic mass is 127. The Bertz CT molecular complexity index is 2310. The van der Waals surface area contributed by atoms with Crippen LogP contribution in [0.5, 0.6) is 0 Å². The molecule has 0 radical (unpaired) electrons. The Labute approximate surface area is 433 Å². The highest BCUT2D eigenvalue weighted by Gasteiger charge is 2.41. The second-order valence-corrected chi connectivity index (χ2v) is 19.5. The van der Waals surface area contributed by atoms with E-state index < -0.39 is 101 Å². The summed E-state index contributed by atoms with van der Waals surface area (Å²) in [4.78, 5) is 123. The fourth-order valence-corrected chi connectivity index (χ4v) is 8.51. The molecule has 23 heteroatoms. The van der Waals surface area contributed by atoms with E-state index >= 15 is 0 Å². The van der Waals surface area contributed by atoms with Crippen LogP contribution in [0.4, 0.5) is 0 Å². The van der Waals surface area contributed by atoms with Crippen molar-refractivity contribution in [3.05, 3.63) is 87.5 Å². The maximum absolute atomic E-state index is 14.6. The van der Waals surface area contributed by atoms with Gasteiger partial charge in [-0.15, -0.1) is 0 Å². The summed E-state index contributed by atoms with van der Waals surface area (Å²) in [6, 6.07) is 7.85. The number of amides is 7. The first-order valence-electron chi connectivity index (χ1n) is 24.1. The summed E-state index contributed by atoms with van der Waals surface area (Å²) in [5.74, 6) is -6.81. The van der Waals surface area contributed by atoms with E-state index in [-0.39, 0.29) is 57.7 Å². The van der Waals surface area contributed by atoms with Crippen molar-refractivity contribution in [2.45, 2.75) is 121 Å². The molecule has 1 aliphatic rings. The van der Waals surface area contributed by atoms with Crippen LogP contribution in [-0.4, -0.2) is 142 Å². The zero-order valence-corrected chi connectivity index (χ0v) is 43.6. The van der Waals surface area contributed by atoms with Crippen molar-refractivity contribution >= 4 is 75.9 Å². The molecular formula is C49H70IN13O9. The third kappa shape index (κ3) is 18.2. The zero-order valence-electron chi connectivity index (χ0n) is 41.4. The van der Waals surface area contributed by atoms with Crippen LogP contribution in [0.15, 0.2) is 72.1 Å². The Morgan fingerprint density at radius 1 is 0.792 bits per heavy atom. The van der Waals surface area contributed by atoms with Crippen LogP contribution in [0.3, 0.4) is 0 Å². The number of rotatable bonds is 28. The summed E-state index contributed by atoms with van der Waals surface area (Å²) in [5, 5.41) is 29.3. The number of carbonyl (C=O) groups is 8. The van der Waals surface area contributed by atoms with Crippen molar-refractivity contribution < 1.29 is 43.5 Å². The number of likely N-dealkylation sites (N-methyl/N-ethyl adjacent to an activating group) is 1. The molecule has 0 bridgehead atoms. The quantitative estimate of drug-likeness (QED) is 0.0198. The molecule has 1 aliphatic heterocycles. The number of carboxylic acid groups (broad SMARTS) is 1. The lowest BCUT2D eigenvalue weighted by atomic mass is 9.96. The lowest BCUT2D eigenvalue weighted by molar-refractivity contribution is -0.145. The maximum atomic E-state index is 14.6. The van der Waals surface area contributed by atoms with Crippen LogP contribution in [0.2, 0.25) is 0 Å². The highest BCUT2D eigenvalue weighted by Crippen LogP contribution is 2.21. The first kappa shape index (κ1) is 57.9. The van der Waals surface area contributed by atoms with Crippen molar-refractivity contribution in [1.29, 1.82) is 0 Å². The van der Waals surface area contributed by atoms with Gasteiger partial charge in [0.25, 0.3) is 0 Å². The van der Waals surface area contributed by atoms with E-state index in [1.807, 2.05) is 19.1 Å². The van der Waals surface area contributed by atoms with E-state index in [2.05, 4.69) is 74.8 Å². The van der Waals surface area contributed by atoms with Crippen molar-refractivity contribution in [3.8, 4) is 0 Å². The standard InChI is InChI=1S/C49H70IN13O9/c1-6-29(4)41(46(69)59-36(24-33-25-54-27-56-33)47(70)63-21-11-15-38(63)44(67)60-37(48(71)72)23-30-12-8-7-9-13-30)62-43(66)35(22-31-16-18-32(50)19-17-31)58-45(68)40(28(2)3)61-42(65)34(57-39(64)26-53-5)14-10-20-55-49(51)52/h7-9,12-13,16-19,25,27-29,34-38,40-41,53H,6,10-11,14-15,20-24,26H2,1-5H3,(H,54,56)(H,57,64)(H,58,68)(H,59,69)(H,60,67)(H,61,65)(H,62,66)(H,71,72)(H4,51,52,55)/t29-,34-,35-,36-,37-,38-,40-,41-/m0/s1. The normalized spacial score (nSPS) is 16.2. The Balaban J connectivity index is 1.58. The SMILES string of the molecule is CC[C@H](C)[C@H](NC(=O)[C@H](Cc1ccc(I)cc1)NC(=O)[C@@H](NC(=O)[C@H](CCCN=C(N)N)NC(=O)CNC)C(C)C)C(=O)N[C@@H](Cc1cnc[nH]1)C(=O)N1CCC[C@H]1C(=O)N[C@@H](Cc1ccccc1)C(=O)O. The number of hydrogen-bond acceptors (Lipinski definition) is 11. The predicted molar refractivity (Wildman–Crippen MR) is 277 cm³/mol. The number of carbonyl (C=O) groups excluding carboxylic acids is 7. The number of nitrogens with two attached hydrogens (primary N) is 2. The lowest BCUT2D eigenvalue weighted by Gasteiger charge is -2.32. The van der Waals surface area contributed by atoms with Gasteiger partial charge in [0.2, 0.25) is 41.4 Å². The van der Waals surface area contributed by atoms with Gasteiger partial charge in [0, 0.05) is 47.8 Å². The van der Waals surface area contributed by atoms with Gasteiger partial charge in [-0.2, -0.15) is 0 Å². The molecule has 392 valence electrons. The number of halogens is 1. The maximum Gasteiger partial charge on any atom is 0.326 e. The number of benzene rings is 2. The van der Waals surface area contributed by atoms with Gasteiger partial charge in [0.05, 0.1) is 12.9 Å². The molecule has 0 saturated carbocycles. The molecule has 3 aromatic rings. The summed E-state index contributed by atoms with van der Waals surface area (Å²) >= 11 is 2.15. The first-order valence-corrected chi connectivity index (χ1v) is 25.2. The molecule has 7 amide bonds. The van der Waals surface area contributed by atoms with Crippen molar-refractivity contribution in [1.82, 2.24) is 52.1 Å². The topological polar surface area (TPSA) is 337 Å². The lowest BCUT2D eigenvalue weighted by Crippen LogP contribution is -2.62. The minimum atomic E-state index is -1.27. The van der Waals surface area contributed by atoms with Crippen LogP contribution in [-0.2, 0) is 57.6 Å².